The van der Waals surface area contributed by atoms with Crippen molar-refractivity contribution in [2.45, 2.75) is 57.9 Å². The van der Waals surface area contributed by atoms with Gasteiger partial charge in [0, 0.05) is 49.3 Å². The number of nitrogens with zero attached hydrogens (tertiary/aromatic N) is 6. The zero-order chi connectivity index (χ0) is 24.1. The standard InChI is InChI=1S/C26H29F3N6/c1-15-10-23(31-14-30-15)34-12-16-5-6-17(13-34)20(16)11-22-32-26-19(4-2-3-9-35(26)33-22)18-7-8-21(27)25(29)24(18)28/h7-8,10,14,16-17,19-20H,2-6,9,11-13H2,1H3/t16-,17+,19-,20?/m0/s1. The molecule has 2 aromatic heterocycles. The number of halogens is 3. The molecule has 0 amide bonds. The van der Waals surface area contributed by atoms with E-state index in [4.69, 9.17) is 10.1 Å². The highest BCUT2D eigenvalue weighted by Gasteiger charge is 2.43. The Balaban J connectivity index is 1.24. The molecular formula is C26H29F3N6. The summed E-state index contributed by atoms with van der Waals surface area (Å²) < 4.78 is 44.1. The molecule has 184 valence electrons. The molecule has 4 heterocycles. The van der Waals surface area contributed by atoms with Crippen molar-refractivity contribution in [1.82, 2.24) is 24.7 Å². The van der Waals surface area contributed by atoms with E-state index >= 15 is 0 Å². The van der Waals surface area contributed by atoms with Crippen molar-refractivity contribution in [2.24, 2.45) is 17.8 Å². The summed E-state index contributed by atoms with van der Waals surface area (Å²) in [5, 5.41) is 4.82. The molecule has 0 spiro atoms. The van der Waals surface area contributed by atoms with Crippen LogP contribution >= 0.6 is 0 Å². The fourth-order valence-corrected chi connectivity index (χ4v) is 6.44. The second-order valence-corrected chi connectivity index (χ2v) is 10.3. The van der Waals surface area contributed by atoms with Crippen molar-refractivity contribution in [3.63, 3.8) is 0 Å². The molecule has 1 aromatic carbocycles. The topological polar surface area (TPSA) is 59.7 Å². The van der Waals surface area contributed by atoms with Gasteiger partial charge in [-0.1, -0.05) is 12.5 Å². The van der Waals surface area contributed by atoms with Crippen LogP contribution in [0.5, 0.6) is 0 Å². The minimum absolute atomic E-state index is 0.166. The summed E-state index contributed by atoms with van der Waals surface area (Å²) in [5.74, 6) is -0.0753. The average molecular weight is 483 g/mol. The largest absolute Gasteiger partial charge is 0.356 e. The Bertz CT molecular complexity index is 1230. The first-order valence-electron chi connectivity index (χ1n) is 12.6. The third-order valence-corrected chi connectivity index (χ3v) is 8.17. The smallest absolute Gasteiger partial charge is 0.194 e. The van der Waals surface area contributed by atoms with Gasteiger partial charge in [0.1, 0.15) is 18.0 Å². The predicted octanol–water partition coefficient (Wildman–Crippen LogP) is 4.81. The zero-order valence-corrected chi connectivity index (χ0v) is 19.8. The SMILES string of the molecule is Cc1cc(N2C[C@H]3CC[C@@H](C2)C3Cc2nc3n(n2)CCCC[C@H]3c2ccc(F)c(F)c2F)ncn1. The van der Waals surface area contributed by atoms with Gasteiger partial charge < -0.3 is 4.90 Å². The van der Waals surface area contributed by atoms with Crippen LogP contribution in [0.4, 0.5) is 19.0 Å². The maximum Gasteiger partial charge on any atom is 0.194 e. The van der Waals surface area contributed by atoms with E-state index in [-0.39, 0.29) is 5.56 Å². The Hall–Kier alpha value is -2.97. The number of aromatic nitrogens is 5. The third-order valence-electron chi connectivity index (χ3n) is 8.17. The fourth-order valence-electron chi connectivity index (χ4n) is 6.44. The number of fused-ring (bicyclic) bond motifs is 3. The van der Waals surface area contributed by atoms with E-state index in [9.17, 15) is 13.2 Å². The first-order valence-corrected chi connectivity index (χ1v) is 12.6. The van der Waals surface area contributed by atoms with Gasteiger partial charge in [0.05, 0.1) is 0 Å². The van der Waals surface area contributed by atoms with E-state index in [1.165, 1.54) is 18.9 Å². The lowest BCUT2D eigenvalue weighted by molar-refractivity contribution is 0.264. The molecule has 2 bridgehead atoms. The molecule has 0 N–H and O–H groups in total. The van der Waals surface area contributed by atoms with Crippen molar-refractivity contribution in [3.8, 4) is 0 Å². The van der Waals surface area contributed by atoms with Gasteiger partial charge in [0.25, 0.3) is 0 Å². The second-order valence-electron chi connectivity index (χ2n) is 10.3. The molecule has 1 unspecified atom stereocenters. The molecule has 35 heavy (non-hydrogen) atoms. The minimum Gasteiger partial charge on any atom is -0.356 e. The molecule has 1 saturated heterocycles. The van der Waals surface area contributed by atoms with E-state index in [1.54, 1.807) is 6.33 Å². The molecule has 3 aromatic rings. The van der Waals surface area contributed by atoms with Crippen molar-refractivity contribution in [2.75, 3.05) is 18.0 Å². The molecular weight excluding hydrogens is 453 g/mol. The Morgan fingerprint density at radius 2 is 1.77 bits per heavy atom. The number of benzene rings is 1. The Morgan fingerprint density at radius 1 is 0.971 bits per heavy atom. The maximum absolute atomic E-state index is 14.7. The molecule has 3 aliphatic rings. The van der Waals surface area contributed by atoms with Crippen LogP contribution in [0.1, 0.15) is 60.9 Å². The summed E-state index contributed by atoms with van der Waals surface area (Å²) in [4.78, 5) is 16.0. The number of piperidine rings is 1. The number of hydrogen-bond acceptors (Lipinski definition) is 5. The summed E-state index contributed by atoms with van der Waals surface area (Å²) >= 11 is 0. The lowest BCUT2D eigenvalue weighted by Gasteiger charge is -2.38. The summed E-state index contributed by atoms with van der Waals surface area (Å²) in [6, 6.07) is 4.41. The molecule has 2 aliphatic heterocycles. The predicted molar refractivity (Wildman–Crippen MR) is 124 cm³/mol. The van der Waals surface area contributed by atoms with Crippen LogP contribution in [0.2, 0.25) is 0 Å². The van der Waals surface area contributed by atoms with E-state index in [0.717, 1.165) is 55.8 Å². The van der Waals surface area contributed by atoms with Gasteiger partial charge in [-0.15, -0.1) is 0 Å². The van der Waals surface area contributed by atoms with Gasteiger partial charge in [-0.2, -0.15) is 5.10 Å². The first kappa shape index (κ1) is 22.5. The quantitative estimate of drug-likeness (QED) is 0.500. The van der Waals surface area contributed by atoms with Gasteiger partial charge in [-0.3, -0.25) is 0 Å². The van der Waals surface area contributed by atoms with Crippen LogP contribution in [-0.4, -0.2) is 37.8 Å². The monoisotopic (exact) mass is 482 g/mol. The van der Waals surface area contributed by atoms with Gasteiger partial charge in [0.15, 0.2) is 23.3 Å². The van der Waals surface area contributed by atoms with Crippen LogP contribution in [0.25, 0.3) is 0 Å². The molecule has 2 fully saturated rings. The van der Waals surface area contributed by atoms with Crippen LogP contribution in [0.15, 0.2) is 24.5 Å². The highest BCUT2D eigenvalue weighted by molar-refractivity contribution is 5.40. The Morgan fingerprint density at radius 3 is 2.54 bits per heavy atom. The van der Waals surface area contributed by atoms with Crippen LogP contribution in [0.3, 0.4) is 0 Å². The van der Waals surface area contributed by atoms with Gasteiger partial charge in [-0.25, -0.2) is 32.8 Å². The van der Waals surface area contributed by atoms with E-state index in [2.05, 4.69) is 14.9 Å². The van der Waals surface area contributed by atoms with Crippen LogP contribution in [-0.2, 0) is 13.0 Å². The second kappa shape index (κ2) is 8.91. The molecule has 0 radical (unpaired) electrons. The number of aryl methyl sites for hydroxylation is 2. The summed E-state index contributed by atoms with van der Waals surface area (Å²) in [5.41, 5.74) is 1.14. The van der Waals surface area contributed by atoms with Gasteiger partial charge >= 0.3 is 0 Å². The molecule has 1 saturated carbocycles. The average Bonchev–Trinajstić information content (AvgIpc) is 3.25. The third kappa shape index (κ3) is 4.08. The number of anilines is 1. The fraction of sp³-hybridized carbons (Fsp3) is 0.538. The Kier molecular flexibility index (Phi) is 5.73. The molecule has 9 heteroatoms. The molecule has 6 nitrogen and oxygen atoms in total. The lowest BCUT2D eigenvalue weighted by atomic mass is 9.82. The zero-order valence-electron chi connectivity index (χ0n) is 19.8. The summed E-state index contributed by atoms with van der Waals surface area (Å²) in [7, 11) is 0. The Labute approximate surface area is 202 Å². The van der Waals surface area contributed by atoms with Crippen molar-refractivity contribution in [3.05, 3.63) is 64.9 Å². The van der Waals surface area contributed by atoms with E-state index < -0.39 is 23.4 Å². The number of hydrogen-bond donors (Lipinski definition) is 0. The normalized spacial score (nSPS) is 26.0. The van der Waals surface area contributed by atoms with Crippen LogP contribution < -0.4 is 4.90 Å². The number of rotatable bonds is 4. The van der Waals surface area contributed by atoms with Crippen molar-refractivity contribution in [1.29, 1.82) is 0 Å². The minimum atomic E-state index is -1.42. The van der Waals surface area contributed by atoms with Gasteiger partial charge in [0.2, 0.25) is 0 Å². The van der Waals surface area contributed by atoms with Crippen molar-refractivity contribution >= 4 is 5.82 Å². The molecule has 6 rings (SSSR count). The molecule has 4 atom stereocenters. The maximum atomic E-state index is 14.7. The highest BCUT2D eigenvalue weighted by Crippen LogP contribution is 2.44. The first-order chi connectivity index (χ1) is 17.0. The highest BCUT2D eigenvalue weighted by atomic mass is 19.2. The van der Waals surface area contributed by atoms with Crippen molar-refractivity contribution < 1.29 is 13.2 Å². The van der Waals surface area contributed by atoms with Crippen LogP contribution in [0, 0.1) is 42.1 Å². The lowest BCUT2D eigenvalue weighted by Crippen LogP contribution is -2.43. The van der Waals surface area contributed by atoms with E-state index in [1.807, 2.05) is 17.7 Å². The van der Waals surface area contributed by atoms with Gasteiger partial charge in [-0.05, 0) is 56.4 Å². The summed E-state index contributed by atoms with van der Waals surface area (Å²) in [6.07, 6.45) is 7.20. The molecule has 1 aliphatic carbocycles. The van der Waals surface area contributed by atoms with E-state index in [0.29, 0.717) is 36.5 Å². The summed E-state index contributed by atoms with van der Waals surface area (Å²) in [6.45, 7) is 4.63.